The Labute approximate surface area is 715 Å². The molecule has 124 heavy (non-hydrogen) atoms. The molecule has 24 rings (SSSR count). The van der Waals surface area contributed by atoms with Crippen LogP contribution in [0.1, 0.15) is 0 Å². The van der Waals surface area contributed by atoms with E-state index in [9.17, 15) is 4.57 Å². The van der Waals surface area contributed by atoms with E-state index in [0.29, 0.717) is 0 Å². The standard InChI is InChI=1S/C46H28N2.2C34H23N2OP/c1-2-14-33-29(11-1)12-9-20-34(33)43-37-17-5-3-15-35(37)42(36-16-4-6-18-38(36)43)30-22-24-32(25-23-30)45-40-27-26-31-13-10-28-47-46(31)44(40)39-19-7-8-21-41(39)48-45;37-38(26-13-3-1-4-14-26,27-15-5-2-6-16-27)28-17-9-11-25(23-28)33-30-21-20-24-12-10-22-35-34(24)32(30)29-18-7-8-19-31(29)36-33;37-38(26-11-3-1-4-12-26,27-13-5-2-6-14-27)28-20-17-25(18-21-28)33-30-22-19-24-10-9-23-35-34(24)32(30)29-15-7-8-16-31(29)36-33/h1-28H;2*1-23H. The van der Waals surface area contributed by atoms with Gasteiger partial charge < -0.3 is 9.13 Å². The van der Waals surface area contributed by atoms with Crippen molar-refractivity contribution in [3.63, 3.8) is 0 Å². The van der Waals surface area contributed by atoms with Crippen LogP contribution in [0.15, 0.2) is 449 Å². The maximum absolute atomic E-state index is 15.0. The lowest BCUT2D eigenvalue weighted by molar-refractivity contribution is 0.591. The number of hydrogen-bond acceptors (Lipinski definition) is 8. The molecule has 0 unspecified atom stereocenters. The lowest BCUT2D eigenvalue weighted by Gasteiger charge is -2.21. The van der Waals surface area contributed by atoms with Crippen molar-refractivity contribution in [3.05, 3.63) is 449 Å². The van der Waals surface area contributed by atoms with Gasteiger partial charge in [0.25, 0.3) is 0 Å². The Balaban J connectivity index is 0.000000112. The number of para-hydroxylation sites is 3. The van der Waals surface area contributed by atoms with Crippen LogP contribution in [0.3, 0.4) is 0 Å². The zero-order valence-electron chi connectivity index (χ0n) is 67.1. The van der Waals surface area contributed by atoms with Gasteiger partial charge in [0.05, 0.1) is 50.2 Å². The normalized spacial score (nSPS) is 11.8. The van der Waals surface area contributed by atoms with Crippen molar-refractivity contribution >= 4 is 176 Å². The van der Waals surface area contributed by atoms with E-state index < -0.39 is 14.3 Å². The third-order valence-electron chi connectivity index (χ3n) is 24.2. The van der Waals surface area contributed by atoms with Crippen LogP contribution < -0.4 is 31.8 Å². The highest BCUT2D eigenvalue weighted by atomic mass is 31.2. The lowest BCUT2D eigenvalue weighted by Crippen LogP contribution is -2.25. The molecule has 8 nitrogen and oxygen atoms in total. The first kappa shape index (κ1) is 74.7. The molecule has 24 aromatic rings. The van der Waals surface area contributed by atoms with Crippen LogP contribution in [0.25, 0.3) is 186 Å². The molecule has 582 valence electrons. The van der Waals surface area contributed by atoms with Crippen molar-refractivity contribution in [2.75, 3.05) is 0 Å². The van der Waals surface area contributed by atoms with Gasteiger partial charge in [-0.05, 0) is 97.0 Å². The zero-order valence-corrected chi connectivity index (χ0v) is 68.9. The van der Waals surface area contributed by atoms with Gasteiger partial charge in [0.15, 0.2) is 14.3 Å². The fourth-order valence-electron chi connectivity index (χ4n) is 18.5. The van der Waals surface area contributed by atoms with E-state index in [4.69, 9.17) is 29.9 Å². The first-order valence-corrected chi connectivity index (χ1v) is 45.1. The molecule has 6 heterocycles. The Morgan fingerprint density at radius 1 is 0.185 bits per heavy atom. The van der Waals surface area contributed by atoms with Crippen molar-refractivity contribution in [2.45, 2.75) is 0 Å². The van der Waals surface area contributed by atoms with E-state index in [1.165, 1.54) is 54.6 Å². The summed E-state index contributed by atoms with van der Waals surface area (Å²) in [6.45, 7) is 0. The first-order valence-electron chi connectivity index (χ1n) is 41.7. The summed E-state index contributed by atoms with van der Waals surface area (Å²) in [4.78, 5) is 29.8. The van der Waals surface area contributed by atoms with Gasteiger partial charge in [0.2, 0.25) is 0 Å². The monoisotopic (exact) mass is 1620 g/mol. The SMILES string of the molecule is O=P(c1ccccc1)(c1ccccc1)c1ccc(-c2nc3ccccc3c3c2ccc2cccnc23)cc1.O=P(c1ccccc1)(c1ccccc1)c1cccc(-c2nc3ccccc3c3c2ccc2cccnc23)c1.c1ccc2c(-c3c4ccccc4c(-c4ccc(-c5nc6ccccc6c6c5ccc5cccnc56)cc4)c4ccccc34)cccc2c1. The smallest absolute Gasteiger partial charge is 0.171 e. The summed E-state index contributed by atoms with van der Waals surface area (Å²) in [5.74, 6) is 0. The summed E-state index contributed by atoms with van der Waals surface area (Å²) in [5.41, 5.74) is 16.5. The zero-order chi connectivity index (χ0) is 82.7. The second-order valence-corrected chi connectivity index (χ2v) is 36.8. The maximum Gasteiger partial charge on any atom is 0.171 e. The van der Waals surface area contributed by atoms with Crippen molar-refractivity contribution in [1.29, 1.82) is 0 Å². The minimum atomic E-state index is -3.11. The number of benzene rings is 18. The predicted octanol–water partition coefficient (Wildman–Crippen LogP) is 26.9. The van der Waals surface area contributed by atoms with Gasteiger partial charge in [0.1, 0.15) is 0 Å². The van der Waals surface area contributed by atoms with Crippen LogP contribution in [0.4, 0.5) is 0 Å². The molecule has 0 N–H and O–H groups in total. The Bertz CT molecular complexity index is 8240. The lowest BCUT2D eigenvalue weighted by atomic mass is 9.84. The second kappa shape index (κ2) is 31.5. The number of aromatic nitrogens is 6. The summed E-state index contributed by atoms with van der Waals surface area (Å²) >= 11 is 0. The highest BCUT2D eigenvalue weighted by molar-refractivity contribution is 7.85. The second-order valence-electron chi connectivity index (χ2n) is 31.2. The Morgan fingerprint density at radius 3 is 0.903 bits per heavy atom. The highest BCUT2D eigenvalue weighted by Gasteiger charge is 2.32. The van der Waals surface area contributed by atoms with Crippen LogP contribution in [0.2, 0.25) is 0 Å². The molecule has 10 heteroatoms. The van der Waals surface area contributed by atoms with Gasteiger partial charge in [-0.3, -0.25) is 15.0 Å². The molecule has 0 spiro atoms. The van der Waals surface area contributed by atoms with Gasteiger partial charge in [0, 0.05) is 132 Å². The van der Waals surface area contributed by atoms with Gasteiger partial charge in [-0.1, -0.05) is 388 Å². The fourth-order valence-corrected chi connectivity index (χ4v) is 23.8. The van der Waals surface area contributed by atoms with E-state index in [-0.39, 0.29) is 0 Å². The van der Waals surface area contributed by atoms with Crippen molar-refractivity contribution < 1.29 is 9.13 Å². The average Bonchev–Trinajstić information content (AvgIpc) is 0.746. The molecule has 0 saturated heterocycles. The Kier molecular flexibility index (Phi) is 19.0. The van der Waals surface area contributed by atoms with Crippen LogP contribution in [-0.2, 0) is 9.13 Å². The number of hydrogen-bond donors (Lipinski definition) is 0. The quantitative estimate of drug-likeness (QED) is 0.0715. The first-order chi connectivity index (χ1) is 61.3. The van der Waals surface area contributed by atoms with Crippen LogP contribution in [0, 0.1) is 0 Å². The molecule has 0 amide bonds. The Hall–Kier alpha value is -15.6. The van der Waals surface area contributed by atoms with Crippen LogP contribution in [-0.4, -0.2) is 29.9 Å². The Morgan fingerprint density at radius 2 is 0.484 bits per heavy atom. The molecule has 0 bridgehead atoms. The van der Waals surface area contributed by atoms with Gasteiger partial charge in [-0.2, -0.15) is 0 Å². The third kappa shape index (κ3) is 12.9. The fraction of sp³-hybridized carbons (Fsp3) is 0. The van der Waals surface area contributed by atoms with E-state index in [1.54, 1.807) is 0 Å². The number of nitrogens with zero attached hydrogens (tertiary/aromatic N) is 6. The molecule has 0 atom stereocenters. The van der Waals surface area contributed by atoms with E-state index in [2.05, 4.69) is 218 Å². The molecule has 0 aliphatic heterocycles. The van der Waals surface area contributed by atoms with Crippen molar-refractivity contribution in [2.24, 2.45) is 0 Å². The van der Waals surface area contributed by atoms with Gasteiger partial charge in [-0.25, -0.2) is 15.0 Å². The summed E-state index contributed by atoms with van der Waals surface area (Å²) in [6, 6.07) is 147. The third-order valence-corrected chi connectivity index (χ3v) is 30.3. The van der Waals surface area contributed by atoms with Gasteiger partial charge >= 0.3 is 0 Å². The van der Waals surface area contributed by atoms with E-state index in [1.807, 2.05) is 231 Å². The summed E-state index contributed by atoms with van der Waals surface area (Å²) in [7, 11) is -6.15. The van der Waals surface area contributed by atoms with Crippen LogP contribution >= 0.6 is 14.3 Å². The summed E-state index contributed by atoms with van der Waals surface area (Å²) < 4.78 is 29.8. The summed E-state index contributed by atoms with van der Waals surface area (Å²) in [5, 5.41) is 25.6. The molecule has 0 fully saturated rings. The molecular formula is C114H74N6O2P2. The van der Waals surface area contributed by atoms with Crippen molar-refractivity contribution in [3.8, 4) is 56.0 Å². The highest BCUT2D eigenvalue weighted by Crippen LogP contribution is 2.49. The molecule has 0 aliphatic rings. The molecule has 0 saturated carbocycles. The van der Waals surface area contributed by atoms with E-state index in [0.717, 1.165) is 163 Å². The average molecular weight is 1620 g/mol. The number of fused-ring (bicyclic) bond motifs is 18. The maximum atomic E-state index is 15.0. The molecule has 0 radical (unpaired) electrons. The largest absolute Gasteiger partial charge is 0.309 e. The van der Waals surface area contributed by atoms with Crippen LogP contribution in [0.5, 0.6) is 0 Å². The van der Waals surface area contributed by atoms with Crippen molar-refractivity contribution in [1.82, 2.24) is 29.9 Å². The molecule has 6 aromatic heterocycles. The minimum absolute atomic E-state index is 0.787. The minimum Gasteiger partial charge on any atom is -0.309 e. The summed E-state index contributed by atoms with van der Waals surface area (Å²) in [6.07, 6.45) is 5.56. The molecule has 0 aliphatic carbocycles. The van der Waals surface area contributed by atoms with E-state index >= 15 is 4.57 Å². The predicted molar refractivity (Wildman–Crippen MR) is 522 cm³/mol. The number of rotatable bonds is 11. The molecular weight excluding hydrogens is 1550 g/mol. The number of pyridine rings is 6. The van der Waals surface area contributed by atoms with Gasteiger partial charge in [-0.15, -0.1) is 0 Å². The molecule has 18 aromatic carbocycles. The topological polar surface area (TPSA) is 111 Å².